The summed E-state index contributed by atoms with van der Waals surface area (Å²) in [6, 6.07) is 4.27. The minimum atomic E-state index is -3.59. The first-order valence-electron chi connectivity index (χ1n) is 5.28. The van der Waals surface area contributed by atoms with E-state index in [0.29, 0.717) is 18.7 Å². The van der Waals surface area contributed by atoms with Crippen molar-refractivity contribution < 1.29 is 17.6 Å². The van der Waals surface area contributed by atoms with Crippen LogP contribution in [0, 0.1) is 0 Å². The molecule has 3 rings (SSSR count). The van der Waals surface area contributed by atoms with Gasteiger partial charge in [-0.15, -0.1) is 0 Å². The van der Waals surface area contributed by atoms with Crippen molar-refractivity contribution in [2.24, 2.45) is 0 Å². The van der Waals surface area contributed by atoms with Crippen molar-refractivity contribution in [2.75, 3.05) is 19.9 Å². The molecule has 7 nitrogen and oxygen atoms in total. The lowest BCUT2D eigenvalue weighted by atomic mass is 10.3. The topological polar surface area (TPSA) is 92.6 Å². The molecule has 0 bridgehead atoms. The number of hydrogen-bond acceptors (Lipinski definition) is 5. The van der Waals surface area contributed by atoms with E-state index in [1.54, 1.807) is 0 Å². The maximum atomic E-state index is 12.2. The number of rotatable bonds is 2. The number of aromatic amines is 1. The van der Waals surface area contributed by atoms with Gasteiger partial charge in [0.15, 0.2) is 5.58 Å². The van der Waals surface area contributed by atoms with Crippen LogP contribution in [-0.4, -0.2) is 37.6 Å². The van der Waals surface area contributed by atoms with Gasteiger partial charge in [-0.1, -0.05) is 0 Å². The number of nitrogens with zero attached hydrogens (tertiary/aromatic N) is 1. The highest BCUT2D eigenvalue weighted by Crippen LogP contribution is 2.21. The van der Waals surface area contributed by atoms with Crippen molar-refractivity contribution in [2.45, 2.75) is 4.90 Å². The Balaban J connectivity index is 2.10. The number of nitrogens with one attached hydrogen (secondary N) is 1. The summed E-state index contributed by atoms with van der Waals surface area (Å²) < 4.78 is 35.5. The quantitative estimate of drug-likeness (QED) is 0.835. The highest BCUT2D eigenvalue weighted by atomic mass is 32.2. The molecule has 1 aromatic heterocycles. The highest BCUT2D eigenvalue weighted by molar-refractivity contribution is 7.89. The zero-order valence-electron chi connectivity index (χ0n) is 9.25. The highest BCUT2D eigenvalue weighted by Gasteiger charge is 2.28. The molecule has 1 N–H and O–H groups in total. The molecule has 1 fully saturated rings. The van der Waals surface area contributed by atoms with Crippen molar-refractivity contribution in [3.05, 3.63) is 28.7 Å². The number of hydrogen-bond donors (Lipinski definition) is 1. The maximum absolute atomic E-state index is 12.2. The summed E-state index contributed by atoms with van der Waals surface area (Å²) in [6.45, 7) is 0.773. The molecule has 18 heavy (non-hydrogen) atoms. The molecule has 1 aliphatic rings. The molecule has 1 aromatic carbocycles. The van der Waals surface area contributed by atoms with Gasteiger partial charge in [0.25, 0.3) is 0 Å². The number of sulfonamides is 1. The van der Waals surface area contributed by atoms with Crippen LogP contribution in [0.5, 0.6) is 0 Å². The minimum Gasteiger partial charge on any atom is -0.408 e. The first kappa shape index (κ1) is 11.5. The lowest BCUT2D eigenvalue weighted by Gasteiger charge is -2.13. The van der Waals surface area contributed by atoms with Crippen LogP contribution in [0.1, 0.15) is 0 Å². The first-order valence-corrected chi connectivity index (χ1v) is 6.72. The van der Waals surface area contributed by atoms with E-state index in [0.717, 1.165) is 0 Å². The predicted octanol–water partition coefficient (Wildman–Crippen LogP) is 0.0995. The maximum Gasteiger partial charge on any atom is 0.417 e. The largest absolute Gasteiger partial charge is 0.417 e. The Bertz CT molecular complexity index is 739. The van der Waals surface area contributed by atoms with Gasteiger partial charge in [-0.25, -0.2) is 13.2 Å². The van der Waals surface area contributed by atoms with E-state index in [1.165, 1.54) is 22.5 Å². The Labute approximate surface area is 102 Å². The number of oxazole rings is 1. The van der Waals surface area contributed by atoms with Crippen LogP contribution in [0.4, 0.5) is 0 Å². The molecule has 0 saturated carbocycles. The van der Waals surface area contributed by atoms with E-state index >= 15 is 0 Å². The Morgan fingerprint density at radius 3 is 2.89 bits per heavy atom. The van der Waals surface area contributed by atoms with Crippen molar-refractivity contribution >= 4 is 21.1 Å². The predicted molar refractivity (Wildman–Crippen MR) is 61.5 cm³/mol. The van der Waals surface area contributed by atoms with E-state index in [4.69, 9.17) is 9.15 Å². The number of aromatic nitrogens is 1. The third-order valence-corrected chi connectivity index (χ3v) is 4.57. The lowest BCUT2D eigenvalue weighted by Crippen LogP contribution is -2.28. The summed E-state index contributed by atoms with van der Waals surface area (Å²) >= 11 is 0. The summed E-state index contributed by atoms with van der Waals surface area (Å²) in [5, 5.41) is 0. The van der Waals surface area contributed by atoms with Crippen LogP contribution in [0.3, 0.4) is 0 Å². The van der Waals surface area contributed by atoms with Crippen LogP contribution in [-0.2, 0) is 14.8 Å². The second-order valence-electron chi connectivity index (χ2n) is 3.89. The van der Waals surface area contributed by atoms with Gasteiger partial charge >= 0.3 is 5.76 Å². The molecule has 2 aromatic rings. The second-order valence-corrected chi connectivity index (χ2v) is 5.83. The Hall–Kier alpha value is -1.64. The zero-order chi connectivity index (χ0) is 12.8. The summed E-state index contributed by atoms with van der Waals surface area (Å²) in [5.74, 6) is -0.607. The van der Waals surface area contributed by atoms with Gasteiger partial charge in [-0.2, -0.15) is 4.31 Å². The molecule has 0 amide bonds. The first-order chi connectivity index (χ1) is 8.57. The summed E-state index contributed by atoms with van der Waals surface area (Å²) in [6.07, 6.45) is 0. The normalized spacial score (nSPS) is 17.6. The smallest absolute Gasteiger partial charge is 0.408 e. The number of ether oxygens (including phenoxy) is 1. The fourth-order valence-corrected chi connectivity index (χ4v) is 3.14. The summed E-state index contributed by atoms with van der Waals surface area (Å²) in [5.41, 5.74) is 0.692. The standard InChI is InChI=1S/C10H10N2O5S/c13-10-11-8-2-1-7(5-9(8)17-10)18(14,15)12-3-4-16-6-12/h1-2,5H,3-4,6H2,(H,11,13). The van der Waals surface area contributed by atoms with E-state index in [1.807, 2.05) is 0 Å². The molecule has 8 heteroatoms. The molecule has 2 heterocycles. The number of H-pyrrole nitrogens is 1. The summed E-state index contributed by atoms with van der Waals surface area (Å²) in [4.78, 5) is 13.5. The fraction of sp³-hybridized carbons (Fsp3) is 0.300. The van der Waals surface area contributed by atoms with Gasteiger partial charge in [-0.3, -0.25) is 4.98 Å². The lowest BCUT2D eigenvalue weighted by molar-refractivity contribution is 0.172. The average molecular weight is 270 g/mol. The molecule has 1 saturated heterocycles. The Morgan fingerprint density at radius 1 is 1.33 bits per heavy atom. The molecular weight excluding hydrogens is 260 g/mol. The van der Waals surface area contributed by atoms with Gasteiger partial charge in [0.05, 0.1) is 17.0 Å². The monoisotopic (exact) mass is 270 g/mol. The number of fused-ring (bicyclic) bond motifs is 1. The van der Waals surface area contributed by atoms with Crippen LogP contribution >= 0.6 is 0 Å². The zero-order valence-corrected chi connectivity index (χ0v) is 10.1. The summed E-state index contributed by atoms with van der Waals surface area (Å²) in [7, 11) is -3.59. The molecule has 96 valence electrons. The van der Waals surface area contributed by atoms with Crippen LogP contribution in [0.2, 0.25) is 0 Å². The second kappa shape index (κ2) is 3.94. The molecule has 0 unspecified atom stereocenters. The van der Waals surface area contributed by atoms with Crippen molar-refractivity contribution in [1.82, 2.24) is 9.29 Å². The van der Waals surface area contributed by atoms with Crippen molar-refractivity contribution in [3.8, 4) is 0 Å². The van der Waals surface area contributed by atoms with E-state index in [-0.39, 0.29) is 17.2 Å². The fourth-order valence-electron chi connectivity index (χ4n) is 1.82. The van der Waals surface area contributed by atoms with Gasteiger partial charge in [0.1, 0.15) is 6.73 Å². The van der Waals surface area contributed by atoms with E-state index < -0.39 is 15.8 Å². The van der Waals surface area contributed by atoms with E-state index in [9.17, 15) is 13.2 Å². The molecule has 0 atom stereocenters. The number of benzene rings is 1. The van der Waals surface area contributed by atoms with Crippen LogP contribution in [0.15, 0.2) is 32.3 Å². The SMILES string of the molecule is O=c1[nH]c2ccc(S(=O)(=O)N3CCOC3)cc2o1. The van der Waals surface area contributed by atoms with E-state index in [2.05, 4.69) is 4.98 Å². The Kier molecular flexibility index (Phi) is 2.51. The third kappa shape index (κ3) is 1.74. The van der Waals surface area contributed by atoms with Crippen LogP contribution < -0.4 is 5.76 Å². The van der Waals surface area contributed by atoms with Gasteiger partial charge in [-0.05, 0) is 12.1 Å². The Morgan fingerprint density at radius 2 is 2.17 bits per heavy atom. The third-order valence-electron chi connectivity index (χ3n) is 2.75. The van der Waals surface area contributed by atoms with Crippen molar-refractivity contribution in [3.63, 3.8) is 0 Å². The molecule has 0 radical (unpaired) electrons. The van der Waals surface area contributed by atoms with Gasteiger partial charge < -0.3 is 9.15 Å². The molecular formula is C10H10N2O5S. The molecule has 1 aliphatic heterocycles. The van der Waals surface area contributed by atoms with Crippen molar-refractivity contribution in [1.29, 1.82) is 0 Å². The van der Waals surface area contributed by atoms with Gasteiger partial charge in [0.2, 0.25) is 10.0 Å². The average Bonchev–Trinajstić information content (AvgIpc) is 2.95. The molecule has 0 aliphatic carbocycles. The molecule has 0 spiro atoms. The van der Waals surface area contributed by atoms with Crippen LogP contribution in [0.25, 0.3) is 11.1 Å². The minimum absolute atomic E-state index is 0.0530. The van der Waals surface area contributed by atoms with Gasteiger partial charge in [0, 0.05) is 12.6 Å².